The molecule has 0 unspecified atom stereocenters. The molecule has 2 N–H and O–H groups in total. The zero-order chi connectivity index (χ0) is 12.8. The molecule has 1 fully saturated rings. The fraction of sp³-hybridized carbons (Fsp3) is 0.438. The van der Waals surface area contributed by atoms with E-state index in [0.717, 1.165) is 19.4 Å². The molecule has 2 aromatic rings. The second kappa shape index (κ2) is 4.11. The summed E-state index contributed by atoms with van der Waals surface area (Å²) in [6.45, 7) is 0.991. The van der Waals surface area contributed by atoms with Crippen molar-refractivity contribution in [2.45, 2.75) is 31.2 Å². The van der Waals surface area contributed by atoms with Crippen LogP contribution < -0.4 is 5.32 Å². The van der Waals surface area contributed by atoms with E-state index in [0.29, 0.717) is 24.3 Å². The summed E-state index contributed by atoms with van der Waals surface area (Å²) in [6.07, 6.45) is 5.09. The van der Waals surface area contributed by atoms with Crippen molar-refractivity contribution in [3.63, 3.8) is 0 Å². The number of nitriles is 1. The number of nitrogens with zero attached hydrogens (tertiary/aromatic N) is 1. The fourth-order valence-corrected chi connectivity index (χ4v) is 3.90. The van der Waals surface area contributed by atoms with E-state index in [9.17, 15) is 0 Å². The van der Waals surface area contributed by atoms with Crippen LogP contribution >= 0.6 is 0 Å². The molecular formula is C16H17N3. The van der Waals surface area contributed by atoms with Gasteiger partial charge in [0.25, 0.3) is 0 Å². The molecule has 3 heteroatoms. The maximum absolute atomic E-state index is 8.91. The molecule has 96 valence electrons. The molecule has 0 bridgehead atoms. The van der Waals surface area contributed by atoms with E-state index in [2.05, 4.69) is 40.8 Å². The molecule has 1 aliphatic carbocycles. The quantitative estimate of drug-likeness (QED) is 0.818. The lowest BCUT2D eigenvalue weighted by Gasteiger charge is -2.39. The number of fused-ring (bicyclic) bond motifs is 2. The number of aromatic nitrogens is 1. The number of nitrogens with one attached hydrogen (secondary N) is 2. The van der Waals surface area contributed by atoms with Crippen LogP contribution in [-0.4, -0.2) is 17.6 Å². The Hall–Kier alpha value is -1.79. The monoisotopic (exact) mass is 251 g/mol. The van der Waals surface area contributed by atoms with E-state index in [1.54, 1.807) is 0 Å². The van der Waals surface area contributed by atoms with Crippen molar-refractivity contribution in [3.05, 3.63) is 35.5 Å². The third-order valence-electron chi connectivity index (χ3n) is 4.78. The zero-order valence-electron chi connectivity index (χ0n) is 10.8. The number of hydrogen-bond acceptors (Lipinski definition) is 2. The molecular weight excluding hydrogens is 234 g/mol. The van der Waals surface area contributed by atoms with Crippen LogP contribution in [0.3, 0.4) is 0 Å². The second-order valence-corrected chi connectivity index (χ2v) is 5.87. The predicted molar refractivity (Wildman–Crippen MR) is 74.9 cm³/mol. The number of hydrogen-bond donors (Lipinski definition) is 2. The highest BCUT2D eigenvalue weighted by Crippen LogP contribution is 2.42. The minimum atomic E-state index is 0.502. The molecule has 4 rings (SSSR count). The third kappa shape index (κ3) is 1.60. The number of H-pyrrole nitrogens is 1. The summed E-state index contributed by atoms with van der Waals surface area (Å²) < 4.78 is 0. The maximum Gasteiger partial charge on any atom is 0.0625 e. The Morgan fingerprint density at radius 2 is 2.32 bits per heavy atom. The largest absolute Gasteiger partial charge is 0.361 e. The first-order valence-corrected chi connectivity index (χ1v) is 7.06. The molecule has 0 saturated carbocycles. The summed E-state index contributed by atoms with van der Waals surface area (Å²) in [7, 11) is 0. The van der Waals surface area contributed by atoms with Gasteiger partial charge < -0.3 is 10.3 Å². The van der Waals surface area contributed by atoms with Crippen LogP contribution in [0.2, 0.25) is 0 Å². The van der Waals surface area contributed by atoms with Gasteiger partial charge in [0.05, 0.1) is 6.07 Å². The van der Waals surface area contributed by atoms with Gasteiger partial charge in [-0.2, -0.15) is 5.26 Å². The summed E-state index contributed by atoms with van der Waals surface area (Å²) in [5.74, 6) is 1.07. The highest BCUT2D eigenvalue weighted by atomic mass is 14.9. The van der Waals surface area contributed by atoms with Crippen LogP contribution in [0.1, 0.15) is 29.9 Å². The summed E-state index contributed by atoms with van der Waals surface area (Å²) >= 11 is 0. The van der Waals surface area contributed by atoms with Crippen LogP contribution in [-0.2, 0) is 6.42 Å². The number of rotatable bonds is 1. The minimum Gasteiger partial charge on any atom is -0.361 e. The number of piperidine rings is 1. The number of benzene rings is 1. The van der Waals surface area contributed by atoms with Gasteiger partial charge in [-0.3, -0.25) is 0 Å². The van der Waals surface area contributed by atoms with E-state index >= 15 is 0 Å². The van der Waals surface area contributed by atoms with Crippen LogP contribution in [0.15, 0.2) is 24.4 Å². The van der Waals surface area contributed by atoms with Gasteiger partial charge in [0.2, 0.25) is 0 Å². The van der Waals surface area contributed by atoms with E-state index in [-0.39, 0.29) is 0 Å². The van der Waals surface area contributed by atoms with Crippen LogP contribution in [0.5, 0.6) is 0 Å². The summed E-state index contributed by atoms with van der Waals surface area (Å²) in [4.78, 5) is 3.39. The molecule has 19 heavy (non-hydrogen) atoms. The van der Waals surface area contributed by atoms with Crippen molar-refractivity contribution in [2.24, 2.45) is 5.92 Å². The van der Waals surface area contributed by atoms with E-state index in [1.165, 1.54) is 22.0 Å². The molecule has 1 saturated heterocycles. The molecule has 3 atom stereocenters. The topological polar surface area (TPSA) is 51.6 Å². The summed E-state index contributed by atoms with van der Waals surface area (Å²) in [5, 5.41) is 14.0. The van der Waals surface area contributed by atoms with E-state index < -0.39 is 0 Å². The Morgan fingerprint density at radius 1 is 1.37 bits per heavy atom. The minimum absolute atomic E-state index is 0.502. The zero-order valence-corrected chi connectivity index (χ0v) is 10.8. The fourth-order valence-electron chi connectivity index (χ4n) is 3.90. The lowest BCUT2D eigenvalue weighted by Crippen LogP contribution is -2.46. The normalized spacial score (nSPS) is 28.9. The van der Waals surface area contributed by atoms with Gasteiger partial charge in [0, 0.05) is 35.5 Å². The lowest BCUT2D eigenvalue weighted by molar-refractivity contribution is 0.271. The lowest BCUT2D eigenvalue weighted by atomic mass is 9.73. The first-order valence-electron chi connectivity index (χ1n) is 7.06. The smallest absolute Gasteiger partial charge is 0.0625 e. The molecule has 0 radical (unpaired) electrons. The Labute approximate surface area is 112 Å². The van der Waals surface area contributed by atoms with Crippen LogP contribution in [0.25, 0.3) is 10.9 Å². The summed E-state index contributed by atoms with van der Waals surface area (Å²) in [6, 6.07) is 9.45. The van der Waals surface area contributed by atoms with E-state index in [1.807, 2.05) is 0 Å². The van der Waals surface area contributed by atoms with Gasteiger partial charge in [-0.25, -0.2) is 0 Å². The van der Waals surface area contributed by atoms with Gasteiger partial charge in [-0.05, 0) is 42.5 Å². The average Bonchev–Trinajstić information content (AvgIpc) is 2.85. The molecule has 1 aliphatic heterocycles. The predicted octanol–water partition coefficient (Wildman–Crippen LogP) is 2.70. The Bertz CT molecular complexity index is 664. The second-order valence-electron chi connectivity index (χ2n) is 5.87. The SMILES string of the molecule is N#CC[C@@H]1CN[C@@H]2Cc3c[nH]c4cccc(c34)[C@@H]2C1. The molecule has 2 heterocycles. The molecule has 0 amide bonds. The Morgan fingerprint density at radius 3 is 3.21 bits per heavy atom. The first kappa shape index (κ1) is 11.1. The van der Waals surface area contributed by atoms with Crippen molar-refractivity contribution in [1.29, 1.82) is 5.26 Å². The first-order chi connectivity index (χ1) is 9.36. The van der Waals surface area contributed by atoms with Crippen LogP contribution in [0.4, 0.5) is 0 Å². The number of aromatic amines is 1. The van der Waals surface area contributed by atoms with E-state index in [4.69, 9.17) is 5.26 Å². The van der Waals surface area contributed by atoms with Crippen molar-refractivity contribution in [1.82, 2.24) is 10.3 Å². The standard InChI is InChI=1S/C16H17N3/c17-5-4-10-6-13-12-2-1-3-14-16(12)11(9-19-14)7-15(13)18-8-10/h1-3,9-10,13,15,18-19H,4,6-8H2/t10-,13-,15+/m0/s1. The summed E-state index contributed by atoms with van der Waals surface area (Å²) in [5.41, 5.74) is 4.17. The molecule has 2 aliphatic rings. The van der Waals surface area contributed by atoms with Crippen molar-refractivity contribution >= 4 is 10.9 Å². The third-order valence-corrected chi connectivity index (χ3v) is 4.78. The highest BCUT2D eigenvalue weighted by Gasteiger charge is 2.35. The van der Waals surface area contributed by atoms with Gasteiger partial charge >= 0.3 is 0 Å². The van der Waals surface area contributed by atoms with Crippen molar-refractivity contribution < 1.29 is 0 Å². The van der Waals surface area contributed by atoms with Crippen molar-refractivity contribution in [3.8, 4) is 6.07 Å². The molecule has 1 aromatic carbocycles. The van der Waals surface area contributed by atoms with Gasteiger partial charge in [0.15, 0.2) is 0 Å². The Balaban J connectivity index is 1.79. The van der Waals surface area contributed by atoms with Gasteiger partial charge in [-0.15, -0.1) is 0 Å². The van der Waals surface area contributed by atoms with Gasteiger partial charge in [0.1, 0.15) is 0 Å². The van der Waals surface area contributed by atoms with Crippen LogP contribution in [0, 0.1) is 17.2 Å². The molecule has 3 nitrogen and oxygen atoms in total. The highest BCUT2D eigenvalue weighted by molar-refractivity contribution is 5.88. The molecule has 1 aromatic heterocycles. The van der Waals surface area contributed by atoms with Gasteiger partial charge in [-0.1, -0.05) is 12.1 Å². The Kier molecular flexibility index (Phi) is 2.39. The maximum atomic E-state index is 8.91. The average molecular weight is 251 g/mol. The molecule has 0 spiro atoms. The van der Waals surface area contributed by atoms with Crippen molar-refractivity contribution in [2.75, 3.05) is 6.54 Å².